The van der Waals surface area contributed by atoms with Crippen molar-refractivity contribution >= 4 is 15.5 Å². The number of hydrogen-bond acceptors (Lipinski definition) is 6. The summed E-state index contributed by atoms with van der Waals surface area (Å²) >= 11 is 0. The van der Waals surface area contributed by atoms with E-state index in [2.05, 4.69) is 20.0 Å². The predicted molar refractivity (Wildman–Crippen MR) is 70.7 cm³/mol. The standard InChI is InChI=1S/C12H15N3O3S/c1-2-19(16,17)11-6-4-3-5-10(11)13-8-7-12-14-9-18-15-12/h3-6,9,13H,2,7-8H2,1H3. The lowest BCUT2D eigenvalue weighted by atomic mass is 10.3. The first-order valence-electron chi connectivity index (χ1n) is 5.94. The highest BCUT2D eigenvalue weighted by molar-refractivity contribution is 7.91. The monoisotopic (exact) mass is 281 g/mol. The molecule has 0 spiro atoms. The molecule has 2 aromatic rings. The molecule has 19 heavy (non-hydrogen) atoms. The molecule has 1 aromatic heterocycles. The second-order valence-corrected chi connectivity index (χ2v) is 6.17. The third-order valence-corrected chi connectivity index (χ3v) is 4.46. The van der Waals surface area contributed by atoms with Crippen molar-refractivity contribution in [2.45, 2.75) is 18.2 Å². The van der Waals surface area contributed by atoms with Gasteiger partial charge in [0, 0.05) is 13.0 Å². The summed E-state index contributed by atoms with van der Waals surface area (Å²) in [6, 6.07) is 6.87. The largest absolute Gasteiger partial charge is 0.384 e. The van der Waals surface area contributed by atoms with Crippen LogP contribution < -0.4 is 5.32 Å². The summed E-state index contributed by atoms with van der Waals surface area (Å²) in [6.07, 6.45) is 1.84. The lowest BCUT2D eigenvalue weighted by Gasteiger charge is -2.10. The van der Waals surface area contributed by atoms with Crippen molar-refractivity contribution in [1.29, 1.82) is 0 Å². The van der Waals surface area contributed by atoms with Crippen molar-refractivity contribution in [2.75, 3.05) is 17.6 Å². The maximum Gasteiger partial charge on any atom is 0.213 e. The highest BCUT2D eigenvalue weighted by atomic mass is 32.2. The van der Waals surface area contributed by atoms with Crippen molar-refractivity contribution in [3.63, 3.8) is 0 Å². The molecule has 0 amide bonds. The van der Waals surface area contributed by atoms with E-state index in [4.69, 9.17) is 0 Å². The molecular formula is C12H15N3O3S. The summed E-state index contributed by atoms with van der Waals surface area (Å²) in [4.78, 5) is 4.22. The Hall–Kier alpha value is -1.89. The topological polar surface area (TPSA) is 85.1 Å². The minimum absolute atomic E-state index is 0.0799. The second kappa shape index (κ2) is 5.83. The van der Waals surface area contributed by atoms with Crippen LogP contribution in [0.1, 0.15) is 12.7 Å². The van der Waals surface area contributed by atoms with Gasteiger partial charge in [0.2, 0.25) is 6.39 Å². The van der Waals surface area contributed by atoms with E-state index in [0.717, 1.165) is 0 Å². The molecule has 0 aliphatic rings. The predicted octanol–water partition coefficient (Wildman–Crippen LogP) is 1.52. The Morgan fingerprint density at radius 3 is 2.79 bits per heavy atom. The van der Waals surface area contributed by atoms with Crippen molar-refractivity contribution in [1.82, 2.24) is 10.1 Å². The molecule has 1 aromatic carbocycles. The molecule has 0 saturated carbocycles. The lowest BCUT2D eigenvalue weighted by Crippen LogP contribution is -2.11. The molecule has 0 aliphatic heterocycles. The lowest BCUT2D eigenvalue weighted by molar-refractivity contribution is 0.410. The molecule has 1 heterocycles. The van der Waals surface area contributed by atoms with Gasteiger partial charge in [0.25, 0.3) is 0 Å². The Labute approximate surface area is 111 Å². The fourth-order valence-corrected chi connectivity index (χ4v) is 2.72. The van der Waals surface area contributed by atoms with Crippen molar-refractivity contribution in [3.05, 3.63) is 36.5 Å². The summed E-state index contributed by atoms with van der Waals surface area (Å²) in [5.41, 5.74) is 0.604. The molecule has 0 aliphatic carbocycles. The summed E-state index contributed by atoms with van der Waals surface area (Å²) in [6.45, 7) is 2.17. The quantitative estimate of drug-likeness (QED) is 0.864. The van der Waals surface area contributed by atoms with Crippen LogP contribution in [0.15, 0.2) is 40.1 Å². The number of benzene rings is 1. The van der Waals surface area contributed by atoms with E-state index in [1.807, 2.05) is 0 Å². The fraction of sp³-hybridized carbons (Fsp3) is 0.333. The number of nitrogens with zero attached hydrogens (tertiary/aromatic N) is 2. The number of rotatable bonds is 6. The first kappa shape index (κ1) is 13.5. The molecular weight excluding hydrogens is 266 g/mol. The number of aromatic nitrogens is 2. The summed E-state index contributed by atoms with van der Waals surface area (Å²) in [5, 5.41) is 6.78. The van der Waals surface area contributed by atoms with Gasteiger partial charge in [-0.15, -0.1) is 0 Å². The SMILES string of the molecule is CCS(=O)(=O)c1ccccc1NCCc1ncon1. The molecule has 0 bridgehead atoms. The number of nitrogens with one attached hydrogen (secondary N) is 1. The number of hydrogen-bond donors (Lipinski definition) is 1. The molecule has 1 N–H and O–H groups in total. The van der Waals surface area contributed by atoms with Gasteiger partial charge in [-0.25, -0.2) is 8.42 Å². The Balaban J connectivity index is 2.08. The number of para-hydroxylation sites is 1. The first-order chi connectivity index (χ1) is 9.13. The molecule has 6 nitrogen and oxygen atoms in total. The zero-order chi connectivity index (χ0) is 13.7. The van der Waals surface area contributed by atoms with E-state index in [1.54, 1.807) is 31.2 Å². The molecule has 0 fully saturated rings. The maximum absolute atomic E-state index is 11.9. The highest BCUT2D eigenvalue weighted by Gasteiger charge is 2.15. The zero-order valence-corrected chi connectivity index (χ0v) is 11.4. The van der Waals surface area contributed by atoms with Gasteiger partial charge >= 0.3 is 0 Å². The number of sulfone groups is 1. The van der Waals surface area contributed by atoms with Crippen LogP contribution in [0.5, 0.6) is 0 Å². The molecule has 0 saturated heterocycles. The summed E-state index contributed by atoms with van der Waals surface area (Å²) < 4.78 is 28.5. The van der Waals surface area contributed by atoms with E-state index < -0.39 is 9.84 Å². The van der Waals surface area contributed by atoms with Crippen molar-refractivity contribution in [3.8, 4) is 0 Å². The Morgan fingerprint density at radius 2 is 2.11 bits per heavy atom. The fourth-order valence-electron chi connectivity index (χ4n) is 1.65. The van der Waals surface area contributed by atoms with Crippen LogP contribution in [0.4, 0.5) is 5.69 Å². The Kier molecular flexibility index (Phi) is 4.16. The smallest absolute Gasteiger partial charge is 0.213 e. The highest BCUT2D eigenvalue weighted by Crippen LogP contribution is 2.21. The molecule has 2 rings (SSSR count). The molecule has 0 unspecified atom stereocenters. The van der Waals surface area contributed by atoms with E-state index in [9.17, 15) is 8.42 Å². The Bertz CT molecular complexity index is 623. The van der Waals surface area contributed by atoms with Gasteiger partial charge in [-0.1, -0.05) is 24.2 Å². The van der Waals surface area contributed by atoms with Gasteiger partial charge in [-0.2, -0.15) is 4.98 Å². The van der Waals surface area contributed by atoms with Crippen LogP contribution >= 0.6 is 0 Å². The molecule has 102 valence electrons. The average molecular weight is 281 g/mol. The first-order valence-corrected chi connectivity index (χ1v) is 7.59. The minimum Gasteiger partial charge on any atom is -0.384 e. The third kappa shape index (κ3) is 3.31. The normalized spacial score (nSPS) is 11.4. The van der Waals surface area contributed by atoms with Gasteiger partial charge in [-0.3, -0.25) is 0 Å². The van der Waals surface area contributed by atoms with Gasteiger partial charge in [0.1, 0.15) is 0 Å². The Morgan fingerprint density at radius 1 is 1.32 bits per heavy atom. The molecule has 0 radical (unpaired) electrons. The number of anilines is 1. The van der Waals surface area contributed by atoms with Crippen LogP contribution in [0.2, 0.25) is 0 Å². The van der Waals surface area contributed by atoms with Crippen LogP contribution in [-0.4, -0.2) is 30.9 Å². The second-order valence-electron chi connectivity index (χ2n) is 3.92. The average Bonchev–Trinajstić information content (AvgIpc) is 2.92. The van der Waals surface area contributed by atoms with Crippen LogP contribution in [-0.2, 0) is 16.3 Å². The summed E-state index contributed by atoms with van der Waals surface area (Å²) in [5.74, 6) is 0.666. The van der Waals surface area contributed by atoms with E-state index in [0.29, 0.717) is 29.4 Å². The van der Waals surface area contributed by atoms with Crippen molar-refractivity contribution < 1.29 is 12.9 Å². The van der Waals surface area contributed by atoms with Gasteiger partial charge in [0.05, 0.1) is 16.3 Å². The maximum atomic E-state index is 11.9. The zero-order valence-electron chi connectivity index (χ0n) is 10.5. The molecule has 7 heteroatoms. The van der Waals surface area contributed by atoms with Crippen LogP contribution in [0.25, 0.3) is 0 Å². The van der Waals surface area contributed by atoms with Crippen LogP contribution in [0, 0.1) is 0 Å². The van der Waals surface area contributed by atoms with Crippen LogP contribution in [0.3, 0.4) is 0 Å². The summed E-state index contributed by atoms with van der Waals surface area (Å²) in [7, 11) is -3.23. The molecule has 0 atom stereocenters. The third-order valence-electron chi connectivity index (χ3n) is 2.67. The van der Waals surface area contributed by atoms with Crippen molar-refractivity contribution in [2.24, 2.45) is 0 Å². The van der Waals surface area contributed by atoms with E-state index in [1.165, 1.54) is 6.39 Å². The minimum atomic E-state index is -3.23. The van der Waals surface area contributed by atoms with E-state index in [-0.39, 0.29) is 5.75 Å². The van der Waals surface area contributed by atoms with Gasteiger partial charge in [-0.05, 0) is 12.1 Å². The van der Waals surface area contributed by atoms with Gasteiger partial charge < -0.3 is 9.84 Å². The van der Waals surface area contributed by atoms with Gasteiger partial charge in [0.15, 0.2) is 15.7 Å². The van der Waals surface area contributed by atoms with E-state index >= 15 is 0 Å².